The molecule has 16 heavy (non-hydrogen) atoms. The Morgan fingerprint density at radius 3 is 2.56 bits per heavy atom. The number of nitrogens with one attached hydrogen (secondary N) is 1. The number of halogens is 1. The Morgan fingerprint density at radius 2 is 2.06 bits per heavy atom. The zero-order valence-electron chi connectivity index (χ0n) is 9.57. The summed E-state index contributed by atoms with van der Waals surface area (Å²) in [6.45, 7) is 4.58. The van der Waals surface area contributed by atoms with E-state index in [1.807, 2.05) is 13.8 Å². The van der Waals surface area contributed by atoms with Gasteiger partial charge in [0.2, 0.25) is 0 Å². The average Bonchev–Trinajstić information content (AvgIpc) is 2.22. The first-order chi connectivity index (χ1) is 7.56. The molecule has 1 rings (SSSR count). The Balaban J connectivity index is 2.67. The number of aliphatic hydroxyl groups excluding tert-OH is 1. The summed E-state index contributed by atoms with van der Waals surface area (Å²) in [5, 5.41) is 22.5. The number of phenolic OH excluding ortho intramolecular Hbond substituents is 1. The van der Waals surface area contributed by atoms with Gasteiger partial charge in [-0.1, -0.05) is 31.5 Å². The van der Waals surface area contributed by atoms with Crippen molar-refractivity contribution in [2.45, 2.75) is 26.4 Å². The van der Waals surface area contributed by atoms with Crippen molar-refractivity contribution in [1.82, 2.24) is 5.32 Å². The van der Waals surface area contributed by atoms with E-state index in [0.29, 0.717) is 23.0 Å². The van der Waals surface area contributed by atoms with E-state index in [2.05, 4.69) is 5.32 Å². The Kier molecular flexibility index (Phi) is 5.06. The molecule has 0 bridgehead atoms. The lowest BCUT2D eigenvalue weighted by Crippen LogP contribution is -2.36. The average molecular weight is 244 g/mol. The minimum absolute atomic E-state index is 0.00988. The summed E-state index contributed by atoms with van der Waals surface area (Å²) in [4.78, 5) is 0. The molecular formula is C12H18ClNO2. The van der Waals surface area contributed by atoms with Gasteiger partial charge >= 0.3 is 0 Å². The van der Waals surface area contributed by atoms with Crippen molar-refractivity contribution >= 4 is 11.6 Å². The summed E-state index contributed by atoms with van der Waals surface area (Å²) in [6, 6.07) is 5.05. The molecule has 90 valence electrons. The van der Waals surface area contributed by atoms with Crippen LogP contribution in [0.5, 0.6) is 5.75 Å². The second-order valence-electron chi connectivity index (χ2n) is 4.15. The van der Waals surface area contributed by atoms with Crippen molar-refractivity contribution in [3.63, 3.8) is 0 Å². The van der Waals surface area contributed by atoms with Gasteiger partial charge < -0.3 is 15.5 Å². The maximum absolute atomic E-state index is 9.63. The predicted octanol–water partition coefficient (Wildman–Crippen LogP) is 2.15. The van der Waals surface area contributed by atoms with Crippen LogP contribution < -0.4 is 5.32 Å². The van der Waals surface area contributed by atoms with Gasteiger partial charge in [-0.2, -0.15) is 0 Å². The molecule has 0 saturated heterocycles. The number of hydrogen-bond acceptors (Lipinski definition) is 3. The first-order valence-corrected chi connectivity index (χ1v) is 5.74. The van der Waals surface area contributed by atoms with Crippen LogP contribution in [0, 0.1) is 5.92 Å². The van der Waals surface area contributed by atoms with Gasteiger partial charge in [-0.3, -0.25) is 0 Å². The summed E-state index contributed by atoms with van der Waals surface area (Å²) in [5.74, 6) is 0.509. The predicted molar refractivity (Wildman–Crippen MR) is 65.7 cm³/mol. The lowest BCUT2D eigenvalue weighted by Gasteiger charge is -2.20. The standard InChI is InChI=1S/C12H18ClNO2/c1-8(2)11(7-15)14-6-9-10(13)4-3-5-12(9)16/h3-5,8,11,14-16H,6-7H2,1-2H3/t11-/m1/s1. The molecule has 0 heterocycles. The first kappa shape index (κ1) is 13.3. The van der Waals surface area contributed by atoms with E-state index in [4.69, 9.17) is 16.7 Å². The van der Waals surface area contributed by atoms with Crippen molar-refractivity contribution in [3.8, 4) is 5.75 Å². The van der Waals surface area contributed by atoms with Gasteiger partial charge in [0, 0.05) is 23.2 Å². The third-order valence-electron chi connectivity index (χ3n) is 2.64. The van der Waals surface area contributed by atoms with E-state index in [0.717, 1.165) is 0 Å². The highest BCUT2D eigenvalue weighted by atomic mass is 35.5. The molecule has 0 saturated carbocycles. The zero-order chi connectivity index (χ0) is 12.1. The summed E-state index contributed by atoms with van der Waals surface area (Å²) >= 11 is 5.97. The van der Waals surface area contributed by atoms with E-state index in [1.165, 1.54) is 0 Å². The molecule has 0 spiro atoms. The number of aromatic hydroxyl groups is 1. The number of rotatable bonds is 5. The van der Waals surface area contributed by atoms with E-state index in [1.54, 1.807) is 18.2 Å². The van der Waals surface area contributed by atoms with Crippen molar-refractivity contribution < 1.29 is 10.2 Å². The topological polar surface area (TPSA) is 52.5 Å². The summed E-state index contributed by atoms with van der Waals surface area (Å²) in [6.07, 6.45) is 0. The fourth-order valence-corrected chi connectivity index (χ4v) is 1.70. The molecule has 0 amide bonds. The third kappa shape index (κ3) is 3.37. The van der Waals surface area contributed by atoms with Gasteiger partial charge in [0.05, 0.1) is 6.61 Å². The van der Waals surface area contributed by atoms with Crippen molar-refractivity contribution in [3.05, 3.63) is 28.8 Å². The maximum Gasteiger partial charge on any atom is 0.121 e. The minimum atomic E-state index is 0.00988. The van der Waals surface area contributed by atoms with E-state index in [9.17, 15) is 5.11 Å². The summed E-state index contributed by atoms with van der Waals surface area (Å²) in [5.41, 5.74) is 0.670. The van der Waals surface area contributed by atoms with Gasteiger partial charge in [0.25, 0.3) is 0 Å². The van der Waals surface area contributed by atoms with Gasteiger partial charge in [0.1, 0.15) is 5.75 Å². The van der Waals surface area contributed by atoms with E-state index in [-0.39, 0.29) is 18.4 Å². The molecule has 0 unspecified atom stereocenters. The lowest BCUT2D eigenvalue weighted by atomic mass is 10.0. The number of aliphatic hydroxyl groups is 1. The van der Waals surface area contributed by atoms with Gasteiger partial charge in [-0.05, 0) is 18.1 Å². The number of hydrogen-bond donors (Lipinski definition) is 3. The summed E-state index contributed by atoms with van der Waals surface area (Å²) < 4.78 is 0. The SMILES string of the molecule is CC(C)[C@@H](CO)NCc1c(O)cccc1Cl. The maximum atomic E-state index is 9.63. The van der Waals surface area contributed by atoms with Crippen molar-refractivity contribution in [2.24, 2.45) is 5.92 Å². The Hall–Kier alpha value is -0.770. The Bertz CT molecular complexity index is 322. The fourth-order valence-electron chi connectivity index (χ4n) is 1.47. The second-order valence-corrected chi connectivity index (χ2v) is 4.56. The number of phenols is 1. The third-order valence-corrected chi connectivity index (χ3v) is 2.99. The van der Waals surface area contributed by atoms with Crippen LogP contribution in [0.1, 0.15) is 19.4 Å². The van der Waals surface area contributed by atoms with Crippen LogP contribution in [-0.4, -0.2) is 22.9 Å². The lowest BCUT2D eigenvalue weighted by molar-refractivity contribution is 0.209. The fraction of sp³-hybridized carbons (Fsp3) is 0.500. The van der Waals surface area contributed by atoms with Crippen LogP contribution in [0.2, 0.25) is 5.02 Å². The van der Waals surface area contributed by atoms with E-state index < -0.39 is 0 Å². The quantitative estimate of drug-likeness (QED) is 0.743. The molecule has 4 heteroatoms. The van der Waals surface area contributed by atoms with Crippen LogP contribution in [0.25, 0.3) is 0 Å². The van der Waals surface area contributed by atoms with Crippen LogP contribution in [-0.2, 0) is 6.54 Å². The smallest absolute Gasteiger partial charge is 0.121 e. The zero-order valence-corrected chi connectivity index (χ0v) is 10.3. The van der Waals surface area contributed by atoms with Crippen molar-refractivity contribution in [1.29, 1.82) is 0 Å². The second kappa shape index (κ2) is 6.09. The highest BCUT2D eigenvalue weighted by molar-refractivity contribution is 6.31. The van der Waals surface area contributed by atoms with Gasteiger partial charge in [-0.25, -0.2) is 0 Å². The molecule has 1 atom stereocenters. The van der Waals surface area contributed by atoms with Crippen LogP contribution in [0.4, 0.5) is 0 Å². The number of benzene rings is 1. The van der Waals surface area contributed by atoms with Crippen LogP contribution >= 0.6 is 11.6 Å². The summed E-state index contributed by atoms with van der Waals surface area (Å²) in [7, 11) is 0. The molecule has 0 aliphatic heterocycles. The highest BCUT2D eigenvalue weighted by Crippen LogP contribution is 2.25. The van der Waals surface area contributed by atoms with Crippen molar-refractivity contribution in [2.75, 3.05) is 6.61 Å². The molecule has 0 radical (unpaired) electrons. The molecule has 1 aromatic carbocycles. The minimum Gasteiger partial charge on any atom is -0.508 e. The molecule has 1 aromatic rings. The largest absolute Gasteiger partial charge is 0.508 e. The molecule has 3 N–H and O–H groups in total. The molecule has 0 aliphatic rings. The molecule has 0 aromatic heterocycles. The van der Waals surface area contributed by atoms with Gasteiger partial charge in [0.15, 0.2) is 0 Å². The highest BCUT2D eigenvalue weighted by Gasteiger charge is 2.13. The molecule has 0 fully saturated rings. The Labute approximate surface area is 101 Å². The van der Waals surface area contributed by atoms with E-state index >= 15 is 0 Å². The molecular weight excluding hydrogens is 226 g/mol. The Morgan fingerprint density at radius 1 is 1.38 bits per heavy atom. The molecule has 3 nitrogen and oxygen atoms in total. The van der Waals surface area contributed by atoms with Crippen LogP contribution in [0.15, 0.2) is 18.2 Å². The molecule has 0 aliphatic carbocycles. The monoisotopic (exact) mass is 243 g/mol. The first-order valence-electron chi connectivity index (χ1n) is 5.36. The van der Waals surface area contributed by atoms with Crippen LogP contribution in [0.3, 0.4) is 0 Å². The normalized spacial score (nSPS) is 13.1. The van der Waals surface area contributed by atoms with Gasteiger partial charge in [-0.15, -0.1) is 0 Å².